The highest BCUT2D eigenvalue weighted by Crippen LogP contribution is 2.38. The Bertz CT molecular complexity index is 820. The molecule has 1 fully saturated rings. The first-order valence-electron chi connectivity index (χ1n) is 9.33. The van der Waals surface area contributed by atoms with Crippen LogP contribution in [0.4, 0.5) is 5.82 Å². The molecule has 0 bridgehead atoms. The minimum Gasteiger partial charge on any atom is -0.494 e. The molecular weight excluding hydrogens is 364 g/mol. The summed E-state index contributed by atoms with van der Waals surface area (Å²) in [5.74, 6) is 1.25. The quantitative estimate of drug-likeness (QED) is 0.831. The molecule has 0 unspecified atom stereocenters. The van der Waals surface area contributed by atoms with Crippen LogP contribution in [0, 0.1) is 12.3 Å². The second-order valence-corrected chi connectivity index (χ2v) is 7.82. The fourth-order valence-corrected chi connectivity index (χ4v) is 3.77. The summed E-state index contributed by atoms with van der Waals surface area (Å²) in [5.41, 5.74) is 2.98. The van der Waals surface area contributed by atoms with Crippen molar-refractivity contribution in [1.29, 1.82) is 0 Å². The molecule has 146 valence electrons. The normalized spacial score (nSPS) is 16.4. The van der Waals surface area contributed by atoms with Gasteiger partial charge in [0.1, 0.15) is 5.69 Å². The van der Waals surface area contributed by atoms with E-state index in [4.69, 9.17) is 26.3 Å². The van der Waals surface area contributed by atoms with Gasteiger partial charge in [-0.25, -0.2) is 9.97 Å². The van der Waals surface area contributed by atoms with Gasteiger partial charge in [-0.2, -0.15) is 0 Å². The summed E-state index contributed by atoms with van der Waals surface area (Å²) >= 11 is 6.44. The summed E-state index contributed by atoms with van der Waals surface area (Å²) in [6.45, 7) is 8.17. The monoisotopic (exact) mass is 390 g/mol. The number of nitrogens with zero attached hydrogens (tertiary/aromatic N) is 4. The molecule has 0 amide bonds. The number of ether oxygens (including phenoxy) is 1. The van der Waals surface area contributed by atoms with Gasteiger partial charge in [0.15, 0.2) is 11.6 Å². The molecule has 6 nitrogen and oxygen atoms in total. The van der Waals surface area contributed by atoms with E-state index in [1.165, 1.54) is 6.42 Å². The van der Waals surface area contributed by atoms with Gasteiger partial charge in [-0.1, -0.05) is 31.9 Å². The SMILES string of the molecule is CCC1(C)CCN(c2nc(C)c(-c3cncc(OC)c3Cl)nc2CO)CC1. The molecule has 2 aromatic heterocycles. The zero-order chi connectivity index (χ0) is 19.6. The van der Waals surface area contributed by atoms with Gasteiger partial charge in [-0.3, -0.25) is 4.98 Å². The number of rotatable bonds is 5. The maximum atomic E-state index is 9.93. The van der Waals surface area contributed by atoms with Gasteiger partial charge in [0, 0.05) is 24.8 Å². The van der Waals surface area contributed by atoms with Crippen LogP contribution in [0.25, 0.3) is 11.3 Å². The summed E-state index contributed by atoms with van der Waals surface area (Å²) < 4.78 is 5.25. The van der Waals surface area contributed by atoms with E-state index in [1.807, 2.05) is 6.92 Å². The van der Waals surface area contributed by atoms with Crippen LogP contribution in [0.3, 0.4) is 0 Å². The third kappa shape index (κ3) is 3.87. The molecule has 1 aliphatic heterocycles. The number of aromatic nitrogens is 3. The van der Waals surface area contributed by atoms with Gasteiger partial charge in [-0.05, 0) is 25.2 Å². The lowest BCUT2D eigenvalue weighted by Crippen LogP contribution is -2.39. The number of methoxy groups -OCH3 is 1. The van der Waals surface area contributed by atoms with Crippen molar-refractivity contribution in [2.75, 3.05) is 25.1 Å². The van der Waals surface area contributed by atoms with Crippen molar-refractivity contribution >= 4 is 17.4 Å². The Morgan fingerprint density at radius 2 is 1.96 bits per heavy atom. The highest BCUT2D eigenvalue weighted by atomic mass is 35.5. The first-order valence-corrected chi connectivity index (χ1v) is 9.71. The Labute approximate surface area is 165 Å². The average Bonchev–Trinajstić information content (AvgIpc) is 2.69. The van der Waals surface area contributed by atoms with E-state index in [2.05, 4.69) is 23.7 Å². The highest BCUT2D eigenvalue weighted by molar-refractivity contribution is 6.34. The van der Waals surface area contributed by atoms with E-state index in [9.17, 15) is 5.11 Å². The van der Waals surface area contributed by atoms with Crippen LogP contribution >= 0.6 is 11.6 Å². The third-order valence-corrected chi connectivity index (χ3v) is 6.11. The first kappa shape index (κ1) is 19.8. The van der Waals surface area contributed by atoms with Crippen LogP contribution in [-0.2, 0) is 6.61 Å². The topological polar surface area (TPSA) is 71.4 Å². The number of hydrogen-bond donors (Lipinski definition) is 1. The molecule has 27 heavy (non-hydrogen) atoms. The molecule has 0 atom stereocenters. The highest BCUT2D eigenvalue weighted by Gasteiger charge is 2.30. The molecular formula is C20H27ClN4O2. The molecule has 1 N–H and O–H groups in total. The van der Waals surface area contributed by atoms with E-state index in [-0.39, 0.29) is 6.61 Å². The summed E-state index contributed by atoms with van der Waals surface area (Å²) in [6, 6.07) is 0. The number of hydrogen-bond acceptors (Lipinski definition) is 6. The maximum Gasteiger partial charge on any atom is 0.156 e. The first-order chi connectivity index (χ1) is 12.9. The van der Waals surface area contributed by atoms with Crippen molar-refractivity contribution in [2.45, 2.75) is 46.6 Å². The predicted molar refractivity (Wildman–Crippen MR) is 107 cm³/mol. The van der Waals surface area contributed by atoms with E-state index >= 15 is 0 Å². The second-order valence-electron chi connectivity index (χ2n) is 7.44. The van der Waals surface area contributed by atoms with E-state index in [0.29, 0.717) is 33.1 Å². The van der Waals surface area contributed by atoms with Gasteiger partial charge < -0.3 is 14.7 Å². The lowest BCUT2D eigenvalue weighted by atomic mass is 9.78. The molecule has 7 heteroatoms. The summed E-state index contributed by atoms with van der Waals surface area (Å²) in [5, 5.41) is 10.4. The van der Waals surface area contributed by atoms with Crippen LogP contribution in [-0.4, -0.2) is 40.3 Å². The van der Waals surface area contributed by atoms with Crippen LogP contribution in [0.5, 0.6) is 5.75 Å². The van der Waals surface area contributed by atoms with Gasteiger partial charge in [0.2, 0.25) is 0 Å². The van der Waals surface area contributed by atoms with Gasteiger partial charge >= 0.3 is 0 Å². The molecule has 1 saturated heterocycles. The Hall–Kier alpha value is -1.92. The predicted octanol–water partition coefficient (Wildman–Crippen LogP) is 4.02. The van der Waals surface area contributed by atoms with Gasteiger partial charge in [-0.15, -0.1) is 0 Å². The average molecular weight is 391 g/mol. The fourth-order valence-electron chi connectivity index (χ4n) is 3.50. The van der Waals surface area contributed by atoms with Gasteiger partial charge in [0.25, 0.3) is 0 Å². The molecule has 0 saturated carbocycles. The van der Waals surface area contributed by atoms with E-state index < -0.39 is 0 Å². The number of halogens is 1. The summed E-state index contributed by atoms with van der Waals surface area (Å²) in [7, 11) is 1.55. The molecule has 0 aliphatic carbocycles. The van der Waals surface area contributed by atoms with Crippen molar-refractivity contribution in [1.82, 2.24) is 15.0 Å². The van der Waals surface area contributed by atoms with Crippen molar-refractivity contribution < 1.29 is 9.84 Å². The molecule has 3 heterocycles. The van der Waals surface area contributed by atoms with E-state index in [1.54, 1.807) is 19.5 Å². The zero-order valence-corrected chi connectivity index (χ0v) is 17.2. The Balaban J connectivity index is 1.98. The minimum absolute atomic E-state index is 0.174. The third-order valence-electron chi connectivity index (χ3n) is 5.72. The minimum atomic E-state index is -0.174. The molecule has 0 radical (unpaired) electrons. The summed E-state index contributed by atoms with van der Waals surface area (Å²) in [6.07, 6.45) is 6.62. The Kier molecular flexibility index (Phi) is 5.86. The Morgan fingerprint density at radius 3 is 2.56 bits per heavy atom. The standard InChI is InChI=1S/C20H27ClN4O2/c1-5-20(3)6-8-25(9-7-20)19-15(12-26)24-18(13(2)23-19)14-10-22-11-16(27-4)17(14)21/h10-11,26H,5-9,12H2,1-4H3. The lowest BCUT2D eigenvalue weighted by Gasteiger charge is -2.40. The van der Waals surface area contributed by atoms with Crippen molar-refractivity contribution in [2.24, 2.45) is 5.41 Å². The van der Waals surface area contributed by atoms with Crippen LogP contribution in [0.15, 0.2) is 12.4 Å². The molecule has 3 rings (SSSR count). The number of piperidine rings is 1. The maximum absolute atomic E-state index is 9.93. The van der Waals surface area contributed by atoms with Crippen LogP contribution < -0.4 is 9.64 Å². The molecule has 0 spiro atoms. The number of aliphatic hydroxyl groups excluding tert-OH is 1. The smallest absolute Gasteiger partial charge is 0.156 e. The molecule has 2 aromatic rings. The number of pyridine rings is 1. The number of anilines is 1. The van der Waals surface area contributed by atoms with Crippen LogP contribution in [0.1, 0.15) is 44.5 Å². The summed E-state index contributed by atoms with van der Waals surface area (Å²) in [4.78, 5) is 15.9. The van der Waals surface area contributed by atoms with Gasteiger partial charge in [0.05, 0.1) is 36.3 Å². The van der Waals surface area contributed by atoms with Crippen molar-refractivity contribution in [3.05, 3.63) is 28.8 Å². The van der Waals surface area contributed by atoms with Crippen LogP contribution in [0.2, 0.25) is 5.02 Å². The molecule has 0 aromatic carbocycles. The van der Waals surface area contributed by atoms with Crippen molar-refractivity contribution in [3.8, 4) is 17.0 Å². The molecule has 1 aliphatic rings. The fraction of sp³-hybridized carbons (Fsp3) is 0.550. The zero-order valence-electron chi connectivity index (χ0n) is 16.4. The number of aryl methyl sites for hydroxylation is 1. The largest absolute Gasteiger partial charge is 0.494 e. The Morgan fingerprint density at radius 1 is 1.26 bits per heavy atom. The second kappa shape index (κ2) is 7.98. The van der Waals surface area contributed by atoms with E-state index in [0.717, 1.165) is 37.4 Å². The van der Waals surface area contributed by atoms with Crippen molar-refractivity contribution in [3.63, 3.8) is 0 Å². The lowest BCUT2D eigenvalue weighted by molar-refractivity contribution is 0.236. The number of aliphatic hydroxyl groups is 1.